The highest BCUT2D eigenvalue weighted by atomic mass is 32.2. The van der Waals surface area contributed by atoms with Gasteiger partial charge in [0.1, 0.15) is 0 Å². The molecule has 0 amide bonds. The maximum atomic E-state index is 13.2. The van der Waals surface area contributed by atoms with Crippen molar-refractivity contribution in [2.24, 2.45) is 7.05 Å². The molecule has 0 unspecified atom stereocenters. The van der Waals surface area contributed by atoms with Gasteiger partial charge in [-0.25, -0.2) is 13.1 Å². The van der Waals surface area contributed by atoms with Gasteiger partial charge in [-0.3, -0.25) is 9.52 Å². The minimum Gasteiger partial charge on any atom is -0.280 e. The Hall–Kier alpha value is -2.93. The molecule has 0 bridgehead atoms. The van der Waals surface area contributed by atoms with Crippen molar-refractivity contribution in [1.82, 2.24) is 9.78 Å². The van der Waals surface area contributed by atoms with Gasteiger partial charge in [0.25, 0.3) is 15.6 Å². The quantitative estimate of drug-likeness (QED) is 0.679. The van der Waals surface area contributed by atoms with E-state index >= 15 is 0 Å². The highest BCUT2D eigenvalue weighted by molar-refractivity contribution is 7.92. The molecule has 0 saturated heterocycles. The molecule has 1 aromatic heterocycles. The van der Waals surface area contributed by atoms with Crippen molar-refractivity contribution in [2.45, 2.75) is 43.9 Å². The molecule has 2 aromatic carbocycles. The summed E-state index contributed by atoms with van der Waals surface area (Å²) in [5, 5.41) is 4.51. The molecular weight excluding hydrogens is 398 g/mol. The average Bonchev–Trinajstić information content (AvgIpc) is 2.76. The summed E-state index contributed by atoms with van der Waals surface area (Å²) in [6.07, 6.45) is 4.10. The number of fused-ring (bicyclic) bond motifs is 1. The standard InChI is InChI=1S/C23H25N3O3S/c1-3-16-13-14-17(15-21(16)30(28,29)25-18-9-5-4-6-10-18)22-19-11-7-8-12-20(19)23(27)26(2)24-22/h4-6,9-10,13-15,25H,3,7-8,11-12H2,1-2H3. The van der Waals surface area contributed by atoms with Gasteiger partial charge in [-0.05, 0) is 61.4 Å². The molecule has 0 saturated carbocycles. The van der Waals surface area contributed by atoms with E-state index in [1.165, 1.54) is 4.68 Å². The van der Waals surface area contributed by atoms with Crippen LogP contribution in [0.2, 0.25) is 0 Å². The van der Waals surface area contributed by atoms with E-state index in [1.54, 1.807) is 37.4 Å². The highest BCUT2D eigenvalue weighted by Gasteiger charge is 2.23. The van der Waals surface area contributed by atoms with E-state index in [2.05, 4.69) is 9.82 Å². The highest BCUT2D eigenvalue weighted by Crippen LogP contribution is 2.31. The van der Waals surface area contributed by atoms with Gasteiger partial charge in [0, 0.05) is 23.9 Å². The fraction of sp³-hybridized carbons (Fsp3) is 0.304. The molecule has 1 heterocycles. The summed E-state index contributed by atoms with van der Waals surface area (Å²) in [6, 6.07) is 14.3. The molecule has 0 fully saturated rings. The number of aryl methyl sites for hydroxylation is 2. The minimum atomic E-state index is -3.77. The number of sulfonamides is 1. The number of hydrogen-bond donors (Lipinski definition) is 1. The second-order valence-corrected chi connectivity index (χ2v) is 9.24. The van der Waals surface area contributed by atoms with E-state index in [1.807, 2.05) is 25.1 Å². The first kappa shape index (κ1) is 20.3. The Morgan fingerprint density at radius 3 is 2.43 bits per heavy atom. The molecule has 0 atom stereocenters. The Labute approximate surface area is 176 Å². The molecule has 1 N–H and O–H groups in total. The second-order valence-electron chi connectivity index (χ2n) is 7.59. The van der Waals surface area contributed by atoms with E-state index < -0.39 is 10.0 Å². The summed E-state index contributed by atoms with van der Waals surface area (Å²) in [5.41, 5.74) is 4.37. The van der Waals surface area contributed by atoms with Crippen LogP contribution in [0.25, 0.3) is 11.3 Å². The number of hydrogen-bond acceptors (Lipinski definition) is 4. The molecule has 0 aliphatic heterocycles. The Morgan fingerprint density at radius 2 is 1.73 bits per heavy atom. The maximum Gasteiger partial charge on any atom is 0.269 e. The zero-order valence-corrected chi connectivity index (χ0v) is 18.0. The van der Waals surface area contributed by atoms with Crippen molar-refractivity contribution < 1.29 is 8.42 Å². The van der Waals surface area contributed by atoms with Crippen molar-refractivity contribution in [3.63, 3.8) is 0 Å². The fourth-order valence-corrected chi connectivity index (χ4v) is 5.44. The van der Waals surface area contributed by atoms with Gasteiger partial charge in [-0.2, -0.15) is 5.10 Å². The van der Waals surface area contributed by atoms with Gasteiger partial charge in [0.15, 0.2) is 0 Å². The normalized spacial score (nSPS) is 13.7. The molecule has 30 heavy (non-hydrogen) atoms. The van der Waals surface area contributed by atoms with Crippen LogP contribution in [0, 0.1) is 0 Å². The van der Waals surface area contributed by atoms with E-state index in [0.717, 1.165) is 47.9 Å². The average molecular weight is 424 g/mol. The van der Waals surface area contributed by atoms with Crippen molar-refractivity contribution in [3.05, 3.63) is 75.6 Å². The summed E-state index contributed by atoms with van der Waals surface area (Å²) < 4.78 is 30.4. The van der Waals surface area contributed by atoms with Crippen LogP contribution in [0.1, 0.15) is 36.5 Å². The van der Waals surface area contributed by atoms with Crippen LogP contribution >= 0.6 is 0 Å². The zero-order chi connectivity index (χ0) is 21.3. The van der Waals surface area contributed by atoms with Crippen LogP contribution in [-0.2, 0) is 36.3 Å². The van der Waals surface area contributed by atoms with E-state index in [4.69, 9.17) is 0 Å². The lowest BCUT2D eigenvalue weighted by molar-refractivity contribution is 0.600. The predicted molar refractivity (Wildman–Crippen MR) is 118 cm³/mol. The number of aromatic nitrogens is 2. The largest absolute Gasteiger partial charge is 0.280 e. The molecule has 156 valence electrons. The number of nitrogens with one attached hydrogen (secondary N) is 1. The summed E-state index contributed by atoms with van der Waals surface area (Å²) in [7, 11) is -2.12. The Kier molecular flexibility index (Phi) is 5.47. The number of rotatable bonds is 5. The smallest absolute Gasteiger partial charge is 0.269 e. The zero-order valence-electron chi connectivity index (χ0n) is 17.2. The van der Waals surface area contributed by atoms with Gasteiger partial charge in [0.05, 0.1) is 10.6 Å². The lowest BCUT2D eigenvalue weighted by atomic mass is 9.89. The number of anilines is 1. The van der Waals surface area contributed by atoms with Crippen LogP contribution < -0.4 is 10.3 Å². The van der Waals surface area contributed by atoms with Gasteiger partial charge >= 0.3 is 0 Å². The van der Waals surface area contributed by atoms with Gasteiger partial charge in [-0.15, -0.1) is 0 Å². The molecule has 7 heteroatoms. The van der Waals surface area contributed by atoms with Gasteiger partial charge in [0.2, 0.25) is 0 Å². The van der Waals surface area contributed by atoms with Crippen molar-refractivity contribution in [3.8, 4) is 11.3 Å². The van der Waals surface area contributed by atoms with Crippen LogP contribution in [-0.4, -0.2) is 18.2 Å². The topological polar surface area (TPSA) is 81.1 Å². The van der Waals surface area contributed by atoms with Crippen molar-refractivity contribution in [2.75, 3.05) is 4.72 Å². The van der Waals surface area contributed by atoms with Gasteiger partial charge in [-0.1, -0.05) is 37.3 Å². The third-order valence-electron chi connectivity index (χ3n) is 5.59. The summed E-state index contributed by atoms with van der Waals surface area (Å²) in [5.74, 6) is 0. The summed E-state index contributed by atoms with van der Waals surface area (Å²) in [4.78, 5) is 12.8. The second kappa shape index (κ2) is 8.07. The Morgan fingerprint density at radius 1 is 1.03 bits per heavy atom. The maximum absolute atomic E-state index is 13.2. The SMILES string of the molecule is CCc1ccc(-c2nn(C)c(=O)c3c2CCCC3)cc1S(=O)(=O)Nc1ccccc1. The molecular formula is C23H25N3O3S. The molecule has 3 aromatic rings. The van der Waals surface area contributed by atoms with E-state index in [0.29, 0.717) is 17.8 Å². The van der Waals surface area contributed by atoms with Crippen molar-refractivity contribution in [1.29, 1.82) is 0 Å². The molecule has 6 nitrogen and oxygen atoms in total. The molecule has 0 spiro atoms. The Balaban J connectivity index is 1.85. The van der Waals surface area contributed by atoms with Crippen LogP contribution in [0.4, 0.5) is 5.69 Å². The molecule has 0 radical (unpaired) electrons. The van der Waals surface area contributed by atoms with E-state index in [9.17, 15) is 13.2 Å². The fourth-order valence-electron chi connectivity index (χ4n) is 4.05. The third kappa shape index (κ3) is 3.77. The number of nitrogens with zero attached hydrogens (tertiary/aromatic N) is 2. The number of benzene rings is 2. The van der Waals surface area contributed by atoms with Gasteiger partial charge < -0.3 is 0 Å². The summed E-state index contributed by atoms with van der Waals surface area (Å²) in [6.45, 7) is 1.93. The van der Waals surface area contributed by atoms with Crippen LogP contribution in [0.3, 0.4) is 0 Å². The van der Waals surface area contributed by atoms with Crippen LogP contribution in [0.5, 0.6) is 0 Å². The predicted octanol–water partition coefficient (Wildman–Crippen LogP) is 3.69. The lowest BCUT2D eigenvalue weighted by Crippen LogP contribution is -2.28. The first-order chi connectivity index (χ1) is 14.4. The molecule has 1 aliphatic rings. The molecule has 1 aliphatic carbocycles. The van der Waals surface area contributed by atoms with E-state index in [-0.39, 0.29) is 10.5 Å². The monoisotopic (exact) mass is 423 g/mol. The first-order valence-electron chi connectivity index (χ1n) is 10.2. The summed E-state index contributed by atoms with van der Waals surface area (Å²) >= 11 is 0. The molecule has 4 rings (SSSR count). The third-order valence-corrected chi connectivity index (χ3v) is 7.06. The van der Waals surface area contributed by atoms with Crippen molar-refractivity contribution >= 4 is 15.7 Å². The number of para-hydroxylation sites is 1. The first-order valence-corrected chi connectivity index (χ1v) is 11.7. The minimum absolute atomic E-state index is 0.0581. The Bertz CT molecular complexity index is 1250. The van der Waals surface area contributed by atoms with Crippen LogP contribution in [0.15, 0.2) is 58.2 Å². The lowest BCUT2D eigenvalue weighted by Gasteiger charge is -2.20.